The van der Waals surface area contributed by atoms with Gasteiger partial charge < -0.3 is 0 Å². The van der Waals surface area contributed by atoms with Crippen LogP contribution < -0.4 is 0 Å². The molecule has 0 amide bonds. The molecule has 0 aliphatic carbocycles. The summed E-state index contributed by atoms with van der Waals surface area (Å²) >= 11 is 3.81. The predicted molar refractivity (Wildman–Crippen MR) is 103 cm³/mol. The molecule has 2 heteroatoms. The zero-order chi connectivity index (χ0) is 15.8. The Hall–Kier alpha value is -0.860. The minimum atomic E-state index is 1.34. The molecule has 116 valence electrons. The van der Waals surface area contributed by atoms with Crippen LogP contribution in [-0.4, -0.2) is 0 Å². The van der Waals surface area contributed by atoms with Gasteiger partial charge in [0.1, 0.15) is 0 Å². The molecule has 0 aliphatic heterocycles. The minimum absolute atomic E-state index is 1.34. The molecule has 2 heterocycles. The highest BCUT2D eigenvalue weighted by Crippen LogP contribution is 2.36. The maximum absolute atomic E-state index is 2.27. The molecule has 2 aromatic heterocycles. The molecule has 0 fully saturated rings. The topological polar surface area (TPSA) is 0 Å². The summed E-state index contributed by atoms with van der Waals surface area (Å²) in [6.45, 7) is 12.8. The Morgan fingerprint density at radius 1 is 0.762 bits per heavy atom. The van der Waals surface area contributed by atoms with Crippen LogP contribution in [0.25, 0.3) is 20.2 Å². The third kappa shape index (κ3) is 4.82. The molecule has 0 nitrogen and oxygen atoms in total. The molecule has 1 aromatic carbocycles. The molecule has 3 rings (SSSR count). The van der Waals surface area contributed by atoms with Crippen LogP contribution in [0.15, 0.2) is 24.3 Å². The van der Waals surface area contributed by atoms with Gasteiger partial charge in [-0.2, -0.15) is 0 Å². The number of benzene rings is 1. The number of thiophene rings is 2. The molecule has 0 saturated heterocycles. The van der Waals surface area contributed by atoms with Crippen molar-refractivity contribution in [3.63, 3.8) is 0 Å². The number of fused-ring (bicyclic) bond motifs is 3. The fourth-order valence-electron chi connectivity index (χ4n) is 2.20. The summed E-state index contributed by atoms with van der Waals surface area (Å²) in [5.41, 5.74) is 0. The molecule has 3 aromatic rings. The normalized spacial score (nSPS) is 10.0. The largest absolute Gasteiger partial charge is 0.139 e. The van der Waals surface area contributed by atoms with Crippen molar-refractivity contribution < 1.29 is 0 Å². The Balaban J connectivity index is 0.000000272. The first-order valence-corrected chi connectivity index (χ1v) is 9.68. The highest BCUT2D eigenvalue weighted by Gasteiger charge is 2.05. The van der Waals surface area contributed by atoms with Gasteiger partial charge in [0, 0.05) is 9.75 Å². The maximum atomic E-state index is 2.27. The fourth-order valence-corrected chi connectivity index (χ4v) is 4.38. The Morgan fingerprint density at radius 3 is 1.43 bits per heavy atom. The second kappa shape index (κ2) is 9.22. The van der Waals surface area contributed by atoms with Crippen LogP contribution in [0.5, 0.6) is 0 Å². The van der Waals surface area contributed by atoms with E-state index in [2.05, 4.69) is 52.0 Å². The van der Waals surface area contributed by atoms with Crippen molar-refractivity contribution in [1.82, 2.24) is 0 Å². The van der Waals surface area contributed by atoms with Crippen molar-refractivity contribution in [2.24, 2.45) is 0 Å². The quantitative estimate of drug-likeness (QED) is 0.449. The van der Waals surface area contributed by atoms with Crippen LogP contribution in [0, 0.1) is 13.8 Å². The molecule has 0 unspecified atom stereocenters. The standard InChI is InChI=1S/C12H10S2.C5H12.C2H6/c1-7-5-9-3-4-10-6-8(2)14-12(10)11(9)13-7;1-3-5-4-2;1-2/h3-6H,1-2H3;3-5H2,1-2H3;1-2H3. The summed E-state index contributed by atoms with van der Waals surface area (Å²) in [6, 6.07) is 9.00. The zero-order valence-electron chi connectivity index (χ0n) is 14.2. The summed E-state index contributed by atoms with van der Waals surface area (Å²) in [6.07, 6.45) is 4.08. The first kappa shape index (κ1) is 18.2. The monoisotopic (exact) mass is 320 g/mol. The van der Waals surface area contributed by atoms with Crippen molar-refractivity contribution in [3.8, 4) is 0 Å². The summed E-state index contributed by atoms with van der Waals surface area (Å²) in [5.74, 6) is 0. The maximum Gasteiger partial charge on any atom is 0.0523 e. The van der Waals surface area contributed by atoms with E-state index in [4.69, 9.17) is 0 Å². The van der Waals surface area contributed by atoms with Gasteiger partial charge in [-0.05, 0) is 36.8 Å². The van der Waals surface area contributed by atoms with E-state index >= 15 is 0 Å². The molecule has 21 heavy (non-hydrogen) atoms. The third-order valence-electron chi connectivity index (χ3n) is 3.12. The summed E-state index contributed by atoms with van der Waals surface area (Å²) in [5, 5.41) is 2.78. The van der Waals surface area contributed by atoms with Gasteiger partial charge in [-0.1, -0.05) is 59.1 Å². The Labute approximate surface area is 137 Å². The van der Waals surface area contributed by atoms with E-state index in [1.54, 1.807) is 0 Å². The number of unbranched alkanes of at least 4 members (excludes halogenated alkanes) is 2. The van der Waals surface area contributed by atoms with E-state index in [0.29, 0.717) is 0 Å². The number of hydrogen-bond acceptors (Lipinski definition) is 2. The fraction of sp³-hybridized carbons (Fsp3) is 0.474. The lowest BCUT2D eigenvalue weighted by Gasteiger charge is -1.90. The van der Waals surface area contributed by atoms with Crippen LogP contribution in [-0.2, 0) is 0 Å². The van der Waals surface area contributed by atoms with Crippen LogP contribution in [0.1, 0.15) is 56.7 Å². The summed E-state index contributed by atoms with van der Waals surface area (Å²) in [7, 11) is 0. The van der Waals surface area contributed by atoms with E-state index in [9.17, 15) is 0 Å². The zero-order valence-corrected chi connectivity index (χ0v) is 15.9. The molecule has 0 bridgehead atoms. The molecular weight excluding hydrogens is 292 g/mol. The first-order chi connectivity index (χ1) is 10.2. The van der Waals surface area contributed by atoms with Crippen LogP contribution in [0.4, 0.5) is 0 Å². The van der Waals surface area contributed by atoms with E-state index in [1.165, 1.54) is 49.2 Å². The molecule has 0 atom stereocenters. The van der Waals surface area contributed by atoms with Gasteiger partial charge in [0.05, 0.1) is 9.40 Å². The van der Waals surface area contributed by atoms with E-state index in [-0.39, 0.29) is 0 Å². The van der Waals surface area contributed by atoms with Gasteiger partial charge in [-0.25, -0.2) is 0 Å². The molecule has 0 radical (unpaired) electrons. The molecule has 0 saturated carbocycles. The number of rotatable bonds is 2. The molecule has 0 N–H and O–H groups in total. The second-order valence-corrected chi connectivity index (χ2v) is 7.48. The van der Waals surface area contributed by atoms with Gasteiger partial charge in [0.25, 0.3) is 0 Å². The van der Waals surface area contributed by atoms with Gasteiger partial charge in [0.15, 0.2) is 0 Å². The Bertz CT molecular complexity index is 601. The van der Waals surface area contributed by atoms with Gasteiger partial charge in [-0.15, -0.1) is 22.7 Å². The predicted octanol–water partition coefficient (Wildman–Crippen LogP) is 7.96. The smallest absolute Gasteiger partial charge is 0.0523 e. The van der Waals surface area contributed by atoms with Crippen LogP contribution >= 0.6 is 22.7 Å². The average molecular weight is 321 g/mol. The first-order valence-electron chi connectivity index (χ1n) is 8.05. The van der Waals surface area contributed by atoms with E-state index in [1.807, 2.05) is 36.5 Å². The van der Waals surface area contributed by atoms with Crippen molar-refractivity contribution in [2.45, 2.75) is 60.8 Å². The lowest BCUT2D eigenvalue weighted by Crippen LogP contribution is -1.62. The van der Waals surface area contributed by atoms with Gasteiger partial charge >= 0.3 is 0 Å². The molecule has 0 aliphatic rings. The number of aryl methyl sites for hydroxylation is 2. The molecule has 0 spiro atoms. The number of hydrogen-bond donors (Lipinski definition) is 0. The SMILES string of the molecule is CC.CCCCC.Cc1cc2ccc3cc(C)sc3c2s1. The van der Waals surface area contributed by atoms with Crippen LogP contribution in [0.3, 0.4) is 0 Å². The minimum Gasteiger partial charge on any atom is -0.139 e. The van der Waals surface area contributed by atoms with Crippen molar-refractivity contribution in [3.05, 3.63) is 34.0 Å². The summed E-state index contributed by atoms with van der Waals surface area (Å²) < 4.78 is 2.91. The van der Waals surface area contributed by atoms with Gasteiger partial charge in [-0.3, -0.25) is 0 Å². The Kier molecular flexibility index (Phi) is 7.98. The second-order valence-electron chi connectivity index (χ2n) is 4.97. The summed E-state index contributed by atoms with van der Waals surface area (Å²) in [4.78, 5) is 2.80. The lowest BCUT2D eigenvalue weighted by atomic mass is 10.2. The average Bonchev–Trinajstić information content (AvgIpc) is 3.03. The highest BCUT2D eigenvalue weighted by atomic mass is 32.1. The lowest BCUT2D eigenvalue weighted by molar-refractivity contribution is 0.772. The van der Waals surface area contributed by atoms with E-state index in [0.717, 1.165) is 0 Å². The van der Waals surface area contributed by atoms with Crippen molar-refractivity contribution >= 4 is 42.8 Å². The third-order valence-corrected chi connectivity index (χ3v) is 5.42. The van der Waals surface area contributed by atoms with Gasteiger partial charge in [0.2, 0.25) is 0 Å². The van der Waals surface area contributed by atoms with Crippen LogP contribution in [0.2, 0.25) is 0 Å². The highest BCUT2D eigenvalue weighted by molar-refractivity contribution is 7.27. The Morgan fingerprint density at radius 2 is 1.14 bits per heavy atom. The van der Waals surface area contributed by atoms with E-state index < -0.39 is 0 Å². The van der Waals surface area contributed by atoms with Crippen molar-refractivity contribution in [1.29, 1.82) is 0 Å². The molecular formula is C19H28S2. The van der Waals surface area contributed by atoms with Crippen molar-refractivity contribution in [2.75, 3.05) is 0 Å².